The normalized spacial score (nSPS) is 25.9. The predicted octanol–water partition coefficient (Wildman–Crippen LogP) is 2.57. The standard InChI is InChI=1S/C17H35N3/c1-4-9-19-12-7-17(8-13-19)16(3)18-14-15(2)20-10-5-6-11-20/h15-18H,4-14H2,1-3H3. The van der Waals surface area contributed by atoms with Crippen LogP contribution < -0.4 is 5.32 Å². The van der Waals surface area contributed by atoms with Crippen LogP contribution in [0.5, 0.6) is 0 Å². The van der Waals surface area contributed by atoms with Crippen molar-refractivity contribution in [2.75, 3.05) is 39.3 Å². The Bertz CT molecular complexity index is 255. The number of hydrogen-bond acceptors (Lipinski definition) is 3. The van der Waals surface area contributed by atoms with E-state index in [4.69, 9.17) is 0 Å². The zero-order valence-corrected chi connectivity index (χ0v) is 13.9. The minimum Gasteiger partial charge on any atom is -0.312 e. The molecule has 2 heterocycles. The molecule has 2 unspecified atom stereocenters. The highest BCUT2D eigenvalue weighted by Crippen LogP contribution is 2.21. The maximum Gasteiger partial charge on any atom is 0.0192 e. The van der Waals surface area contributed by atoms with Crippen molar-refractivity contribution in [3.05, 3.63) is 0 Å². The van der Waals surface area contributed by atoms with Gasteiger partial charge in [-0.1, -0.05) is 6.92 Å². The van der Waals surface area contributed by atoms with Crippen molar-refractivity contribution in [1.82, 2.24) is 15.1 Å². The third-order valence-electron chi connectivity index (χ3n) is 5.38. The van der Waals surface area contributed by atoms with Gasteiger partial charge in [0.1, 0.15) is 0 Å². The number of hydrogen-bond donors (Lipinski definition) is 1. The van der Waals surface area contributed by atoms with Crippen LogP contribution >= 0.6 is 0 Å². The lowest BCUT2D eigenvalue weighted by Gasteiger charge is -2.36. The highest BCUT2D eigenvalue weighted by Gasteiger charge is 2.24. The number of piperidine rings is 1. The Kier molecular flexibility index (Phi) is 6.79. The lowest BCUT2D eigenvalue weighted by Crippen LogP contribution is -2.46. The zero-order chi connectivity index (χ0) is 14.4. The second kappa shape index (κ2) is 8.35. The molecule has 2 aliphatic heterocycles. The van der Waals surface area contributed by atoms with Gasteiger partial charge in [-0.25, -0.2) is 0 Å². The summed E-state index contributed by atoms with van der Waals surface area (Å²) in [5.74, 6) is 0.883. The van der Waals surface area contributed by atoms with Crippen molar-refractivity contribution in [3.63, 3.8) is 0 Å². The van der Waals surface area contributed by atoms with Gasteiger partial charge in [0.2, 0.25) is 0 Å². The van der Waals surface area contributed by atoms with Crippen LogP contribution in [0.1, 0.15) is 52.9 Å². The van der Waals surface area contributed by atoms with E-state index in [1.54, 1.807) is 0 Å². The van der Waals surface area contributed by atoms with Crippen LogP contribution in [-0.4, -0.2) is 61.2 Å². The molecule has 3 nitrogen and oxygen atoms in total. The summed E-state index contributed by atoms with van der Waals surface area (Å²) in [6.45, 7) is 14.8. The average Bonchev–Trinajstić information content (AvgIpc) is 3.00. The number of nitrogens with zero attached hydrogens (tertiary/aromatic N) is 2. The molecule has 0 aromatic rings. The van der Waals surface area contributed by atoms with Crippen LogP contribution in [0, 0.1) is 5.92 Å². The third-order valence-corrected chi connectivity index (χ3v) is 5.38. The first-order valence-electron chi connectivity index (χ1n) is 8.90. The molecule has 0 spiro atoms. The molecule has 1 N–H and O–H groups in total. The van der Waals surface area contributed by atoms with Gasteiger partial charge in [0, 0.05) is 18.6 Å². The van der Waals surface area contributed by atoms with Crippen molar-refractivity contribution in [1.29, 1.82) is 0 Å². The monoisotopic (exact) mass is 281 g/mol. The summed E-state index contributed by atoms with van der Waals surface area (Å²) >= 11 is 0. The SMILES string of the molecule is CCCN1CCC(C(C)NCC(C)N2CCCC2)CC1. The minimum absolute atomic E-state index is 0.684. The molecule has 0 saturated carbocycles. The van der Waals surface area contributed by atoms with Gasteiger partial charge in [-0.3, -0.25) is 4.90 Å². The summed E-state index contributed by atoms with van der Waals surface area (Å²) in [6, 6.07) is 1.39. The molecular weight excluding hydrogens is 246 g/mol. The Balaban J connectivity index is 1.63. The largest absolute Gasteiger partial charge is 0.312 e. The molecule has 2 fully saturated rings. The molecule has 0 radical (unpaired) electrons. The van der Waals surface area contributed by atoms with E-state index in [1.165, 1.54) is 64.8 Å². The number of likely N-dealkylation sites (tertiary alicyclic amines) is 2. The van der Waals surface area contributed by atoms with Crippen molar-refractivity contribution >= 4 is 0 Å². The Morgan fingerprint density at radius 2 is 1.70 bits per heavy atom. The summed E-state index contributed by atoms with van der Waals surface area (Å²) < 4.78 is 0. The smallest absolute Gasteiger partial charge is 0.0192 e. The van der Waals surface area contributed by atoms with Crippen LogP contribution in [0.25, 0.3) is 0 Å². The van der Waals surface area contributed by atoms with Crippen LogP contribution in [0.2, 0.25) is 0 Å². The second-order valence-corrected chi connectivity index (χ2v) is 6.97. The molecule has 0 aliphatic carbocycles. The van der Waals surface area contributed by atoms with Gasteiger partial charge in [0.05, 0.1) is 0 Å². The minimum atomic E-state index is 0.684. The average molecular weight is 281 g/mol. The first kappa shape index (κ1) is 16.3. The predicted molar refractivity (Wildman–Crippen MR) is 87.2 cm³/mol. The molecule has 3 heteroatoms. The number of rotatable bonds is 7. The highest BCUT2D eigenvalue weighted by molar-refractivity contribution is 4.82. The molecule has 0 aromatic carbocycles. The Morgan fingerprint density at radius 1 is 1.05 bits per heavy atom. The van der Waals surface area contributed by atoms with E-state index in [9.17, 15) is 0 Å². The molecule has 0 aromatic heterocycles. The molecule has 2 aliphatic rings. The first-order chi connectivity index (χ1) is 9.70. The van der Waals surface area contributed by atoms with Crippen molar-refractivity contribution in [2.45, 2.75) is 65.0 Å². The van der Waals surface area contributed by atoms with Crippen LogP contribution in [0.15, 0.2) is 0 Å². The van der Waals surface area contributed by atoms with Gasteiger partial charge in [0.15, 0.2) is 0 Å². The van der Waals surface area contributed by atoms with Crippen molar-refractivity contribution in [2.24, 2.45) is 5.92 Å². The number of nitrogens with one attached hydrogen (secondary N) is 1. The van der Waals surface area contributed by atoms with E-state index >= 15 is 0 Å². The maximum atomic E-state index is 3.82. The van der Waals surface area contributed by atoms with Gasteiger partial charge in [0.25, 0.3) is 0 Å². The maximum absolute atomic E-state index is 3.82. The fraction of sp³-hybridized carbons (Fsp3) is 1.00. The molecule has 20 heavy (non-hydrogen) atoms. The van der Waals surface area contributed by atoms with Gasteiger partial charge in [-0.2, -0.15) is 0 Å². The van der Waals surface area contributed by atoms with Gasteiger partial charge in [-0.15, -0.1) is 0 Å². The van der Waals surface area contributed by atoms with Crippen LogP contribution in [0.4, 0.5) is 0 Å². The fourth-order valence-corrected chi connectivity index (χ4v) is 3.83. The molecule has 2 saturated heterocycles. The lowest BCUT2D eigenvalue weighted by atomic mass is 9.90. The third kappa shape index (κ3) is 4.71. The van der Waals surface area contributed by atoms with Crippen molar-refractivity contribution in [3.8, 4) is 0 Å². The van der Waals surface area contributed by atoms with Crippen LogP contribution in [-0.2, 0) is 0 Å². The highest BCUT2D eigenvalue weighted by atomic mass is 15.2. The quantitative estimate of drug-likeness (QED) is 0.774. The molecule has 2 atom stereocenters. The summed E-state index contributed by atoms with van der Waals surface area (Å²) in [5, 5.41) is 3.82. The van der Waals surface area contributed by atoms with E-state index in [1.807, 2.05) is 0 Å². The fourth-order valence-electron chi connectivity index (χ4n) is 3.83. The van der Waals surface area contributed by atoms with Crippen molar-refractivity contribution < 1.29 is 0 Å². The Hall–Kier alpha value is -0.120. The van der Waals surface area contributed by atoms with Gasteiger partial charge >= 0.3 is 0 Å². The summed E-state index contributed by atoms with van der Waals surface area (Å²) in [4.78, 5) is 5.28. The second-order valence-electron chi connectivity index (χ2n) is 6.97. The van der Waals surface area contributed by atoms with E-state index in [2.05, 4.69) is 35.9 Å². The molecule has 118 valence electrons. The van der Waals surface area contributed by atoms with E-state index in [0.29, 0.717) is 12.1 Å². The summed E-state index contributed by atoms with van der Waals surface area (Å²) in [7, 11) is 0. The van der Waals surface area contributed by atoms with E-state index < -0.39 is 0 Å². The molecule has 0 amide bonds. The first-order valence-corrected chi connectivity index (χ1v) is 8.90. The van der Waals surface area contributed by atoms with Gasteiger partial charge < -0.3 is 10.2 Å². The molecular formula is C17H35N3. The Labute approximate surface area is 126 Å². The lowest BCUT2D eigenvalue weighted by molar-refractivity contribution is 0.157. The molecule has 2 rings (SSSR count). The van der Waals surface area contributed by atoms with E-state index in [-0.39, 0.29) is 0 Å². The van der Waals surface area contributed by atoms with E-state index in [0.717, 1.165) is 12.5 Å². The Morgan fingerprint density at radius 3 is 2.30 bits per heavy atom. The van der Waals surface area contributed by atoms with Crippen LogP contribution in [0.3, 0.4) is 0 Å². The van der Waals surface area contributed by atoms with Gasteiger partial charge in [-0.05, 0) is 84.6 Å². The summed E-state index contributed by atoms with van der Waals surface area (Å²) in [5.41, 5.74) is 0. The topological polar surface area (TPSA) is 18.5 Å². The molecule has 0 bridgehead atoms. The zero-order valence-electron chi connectivity index (χ0n) is 13.9. The summed E-state index contributed by atoms with van der Waals surface area (Å²) in [6.07, 6.45) is 6.86.